The number of anilines is 1. The molecule has 1 heterocycles. The molecular weight excluding hydrogens is 376 g/mol. The van der Waals surface area contributed by atoms with Crippen molar-refractivity contribution in [2.75, 3.05) is 38.3 Å². The molecule has 1 amide bonds. The largest absolute Gasteiger partial charge is 0.457 e. The van der Waals surface area contributed by atoms with Crippen LogP contribution in [0, 0.1) is 0 Å². The minimum Gasteiger partial charge on any atom is -0.457 e. The minimum atomic E-state index is -0.0363. The molecule has 154 valence electrons. The molecule has 5 heteroatoms. The summed E-state index contributed by atoms with van der Waals surface area (Å²) < 4.78 is 11.3. The molecule has 1 fully saturated rings. The number of para-hydroxylation sites is 1. The Morgan fingerprint density at radius 1 is 0.933 bits per heavy atom. The Hall–Kier alpha value is -3.31. The van der Waals surface area contributed by atoms with Gasteiger partial charge in [0.2, 0.25) is 0 Å². The van der Waals surface area contributed by atoms with Crippen LogP contribution in [0.1, 0.15) is 15.9 Å². The summed E-state index contributed by atoms with van der Waals surface area (Å²) in [5.74, 6) is 1.36. The van der Waals surface area contributed by atoms with Gasteiger partial charge in [0, 0.05) is 37.9 Å². The molecule has 5 nitrogen and oxygen atoms in total. The first-order valence-electron chi connectivity index (χ1n) is 10.2. The summed E-state index contributed by atoms with van der Waals surface area (Å²) in [6, 6.07) is 25.3. The third kappa shape index (κ3) is 4.99. The van der Waals surface area contributed by atoms with Crippen molar-refractivity contribution in [2.45, 2.75) is 6.54 Å². The molecule has 0 bridgehead atoms. The molecule has 0 spiro atoms. The van der Waals surface area contributed by atoms with E-state index >= 15 is 0 Å². The number of amides is 1. The van der Waals surface area contributed by atoms with Gasteiger partial charge in [0.1, 0.15) is 11.5 Å². The quantitative estimate of drug-likeness (QED) is 0.605. The van der Waals surface area contributed by atoms with E-state index in [0.29, 0.717) is 17.9 Å². The molecule has 0 N–H and O–H groups in total. The summed E-state index contributed by atoms with van der Waals surface area (Å²) >= 11 is 0. The lowest BCUT2D eigenvalue weighted by atomic mass is 10.1. The SMILES string of the molecule is CN(Cc1ccc(N2CCOCC2)cc1)C(=O)c1cccc(Oc2ccccc2)c1. The summed E-state index contributed by atoms with van der Waals surface area (Å²) in [7, 11) is 1.82. The van der Waals surface area contributed by atoms with E-state index in [1.165, 1.54) is 5.69 Å². The Morgan fingerprint density at radius 3 is 2.37 bits per heavy atom. The Kier molecular flexibility index (Phi) is 6.30. The number of ether oxygens (including phenoxy) is 2. The lowest BCUT2D eigenvalue weighted by molar-refractivity contribution is 0.0784. The summed E-state index contributed by atoms with van der Waals surface area (Å²) in [5.41, 5.74) is 2.90. The summed E-state index contributed by atoms with van der Waals surface area (Å²) in [4.78, 5) is 17.0. The van der Waals surface area contributed by atoms with E-state index < -0.39 is 0 Å². The Balaban J connectivity index is 1.39. The molecule has 0 saturated carbocycles. The molecule has 1 aliphatic heterocycles. The van der Waals surface area contributed by atoms with Gasteiger partial charge >= 0.3 is 0 Å². The van der Waals surface area contributed by atoms with Gasteiger partial charge in [-0.3, -0.25) is 4.79 Å². The van der Waals surface area contributed by atoms with E-state index in [1.54, 1.807) is 11.0 Å². The van der Waals surface area contributed by atoms with Crippen molar-refractivity contribution < 1.29 is 14.3 Å². The number of carbonyl (C=O) groups is 1. The second-order valence-corrected chi connectivity index (χ2v) is 7.37. The molecule has 30 heavy (non-hydrogen) atoms. The van der Waals surface area contributed by atoms with Gasteiger partial charge in [-0.2, -0.15) is 0 Å². The van der Waals surface area contributed by atoms with E-state index in [1.807, 2.05) is 55.6 Å². The normalized spacial score (nSPS) is 13.7. The van der Waals surface area contributed by atoms with Crippen LogP contribution in [-0.4, -0.2) is 44.2 Å². The first kappa shape index (κ1) is 20.0. The van der Waals surface area contributed by atoms with Crippen LogP contribution in [0.4, 0.5) is 5.69 Å². The number of nitrogens with zero attached hydrogens (tertiary/aromatic N) is 2. The highest BCUT2D eigenvalue weighted by atomic mass is 16.5. The zero-order valence-corrected chi connectivity index (χ0v) is 17.2. The maximum absolute atomic E-state index is 12.9. The van der Waals surface area contributed by atoms with Crippen molar-refractivity contribution in [1.29, 1.82) is 0 Å². The number of carbonyl (C=O) groups excluding carboxylic acids is 1. The van der Waals surface area contributed by atoms with E-state index in [2.05, 4.69) is 29.2 Å². The predicted molar refractivity (Wildman–Crippen MR) is 118 cm³/mol. The number of morpholine rings is 1. The van der Waals surface area contributed by atoms with Crippen LogP contribution in [0.25, 0.3) is 0 Å². The van der Waals surface area contributed by atoms with Crippen molar-refractivity contribution in [3.05, 3.63) is 90.0 Å². The van der Waals surface area contributed by atoms with Crippen LogP contribution < -0.4 is 9.64 Å². The van der Waals surface area contributed by atoms with Gasteiger partial charge in [-0.15, -0.1) is 0 Å². The first-order valence-corrected chi connectivity index (χ1v) is 10.2. The van der Waals surface area contributed by atoms with Gasteiger partial charge in [-0.1, -0.05) is 36.4 Å². The molecule has 0 unspecified atom stereocenters. The fraction of sp³-hybridized carbons (Fsp3) is 0.240. The maximum Gasteiger partial charge on any atom is 0.254 e. The van der Waals surface area contributed by atoms with Gasteiger partial charge in [0.25, 0.3) is 5.91 Å². The van der Waals surface area contributed by atoms with Gasteiger partial charge in [0.15, 0.2) is 0 Å². The summed E-state index contributed by atoms with van der Waals surface area (Å²) in [6.07, 6.45) is 0. The third-order valence-corrected chi connectivity index (χ3v) is 5.14. The van der Waals surface area contributed by atoms with Crippen LogP contribution in [-0.2, 0) is 11.3 Å². The highest BCUT2D eigenvalue weighted by Gasteiger charge is 2.14. The van der Waals surface area contributed by atoms with Gasteiger partial charge in [-0.05, 0) is 48.0 Å². The smallest absolute Gasteiger partial charge is 0.254 e. The highest BCUT2D eigenvalue weighted by Crippen LogP contribution is 2.23. The monoisotopic (exact) mass is 402 g/mol. The maximum atomic E-state index is 12.9. The van der Waals surface area contributed by atoms with Crippen LogP contribution in [0.3, 0.4) is 0 Å². The van der Waals surface area contributed by atoms with Crippen LogP contribution >= 0.6 is 0 Å². The van der Waals surface area contributed by atoms with Crippen LogP contribution in [0.2, 0.25) is 0 Å². The highest BCUT2D eigenvalue weighted by molar-refractivity contribution is 5.94. The minimum absolute atomic E-state index is 0.0363. The Morgan fingerprint density at radius 2 is 1.63 bits per heavy atom. The number of benzene rings is 3. The molecule has 0 aromatic heterocycles. The fourth-order valence-corrected chi connectivity index (χ4v) is 3.52. The second kappa shape index (κ2) is 9.46. The number of hydrogen-bond donors (Lipinski definition) is 0. The van der Waals surface area contributed by atoms with Gasteiger partial charge < -0.3 is 19.3 Å². The van der Waals surface area contributed by atoms with Crippen LogP contribution in [0.5, 0.6) is 11.5 Å². The van der Waals surface area contributed by atoms with E-state index in [0.717, 1.165) is 37.6 Å². The molecule has 0 aliphatic carbocycles. The summed E-state index contributed by atoms with van der Waals surface area (Å²) in [5, 5.41) is 0. The van der Waals surface area contributed by atoms with Gasteiger partial charge in [-0.25, -0.2) is 0 Å². The first-order chi connectivity index (χ1) is 14.7. The van der Waals surface area contributed by atoms with Crippen molar-refractivity contribution in [3.8, 4) is 11.5 Å². The zero-order chi connectivity index (χ0) is 20.8. The second-order valence-electron chi connectivity index (χ2n) is 7.37. The third-order valence-electron chi connectivity index (χ3n) is 5.14. The van der Waals surface area contributed by atoms with E-state index in [9.17, 15) is 4.79 Å². The molecule has 0 atom stereocenters. The van der Waals surface area contributed by atoms with Crippen molar-refractivity contribution in [1.82, 2.24) is 4.90 Å². The molecular formula is C25H26N2O3. The van der Waals surface area contributed by atoms with Crippen molar-refractivity contribution in [3.63, 3.8) is 0 Å². The number of hydrogen-bond acceptors (Lipinski definition) is 4. The van der Waals surface area contributed by atoms with E-state index in [4.69, 9.17) is 9.47 Å². The van der Waals surface area contributed by atoms with Crippen molar-refractivity contribution >= 4 is 11.6 Å². The molecule has 1 saturated heterocycles. The Labute approximate surface area is 177 Å². The lowest BCUT2D eigenvalue weighted by Gasteiger charge is -2.29. The average Bonchev–Trinajstić information content (AvgIpc) is 2.80. The standard InChI is InChI=1S/C25H26N2O3/c1-26(19-20-10-12-22(13-11-20)27-14-16-29-17-15-27)25(28)21-6-5-9-24(18-21)30-23-7-3-2-4-8-23/h2-13,18H,14-17,19H2,1H3. The number of rotatable bonds is 6. The molecule has 0 radical (unpaired) electrons. The molecule has 1 aliphatic rings. The lowest BCUT2D eigenvalue weighted by Crippen LogP contribution is -2.36. The summed E-state index contributed by atoms with van der Waals surface area (Å²) in [6.45, 7) is 3.92. The topological polar surface area (TPSA) is 42.0 Å². The van der Waals surface area contributed by atoms with E-state index in [-0.39, 0.29) is 5.91 Å². The van der Waals surface area contributed by atoms with Crippen molar-refractivity contribution in [2.24, 2.45) is 0 Å². The molecule has 4 rings (SSSR count). The van der Waals surface area contributed by atoms with Crippen LogP contribution in [0.15, 0.2) is 78.9 Å². The van der Waals surface area contributed by atoms with Gasteiger partial charge in [0.05, 0.1) is 13.2 Å². The predicted octanol–water partition coefficient (Wildman–Crippen LogP) is 4.59. The average molecular weight is 402 g/mol. The molecule has 3 aromatic rings. The fourth-order valence-electron chi connectivity index (χ4n) is 3.52. The molecule has 3 aromatic carbocycles. The zero-order valence-electron chi connectivity index (χ0n) is 17.2. The Bertz CT molecular complexity index is 967.